The van der Waals surface area contributed by atoms with E-state index in [0.717, 1.165) is 32.4 Å². The summed E-state index contributed by atoms with van der Waals surface area (Å²) in [7, 11) is -9.47. The van der Waals surface area contributed by atoms with Crippen LogP contribution in [0.4, 0.5) is 5.82 Å². The Labute approximate surface area is 192 Å². The van der Waals surface area contributed by atoms with Crippen molar-refractivity contribution in [3.8, 4) is 0 Å². The van der Waals surface area contributed by atoms with Crippen LogP contribution >= 0.6 is 26.8 Å². The molecule has 2 aliphatic rings. The number of aliphatic hydroxyl groups excluding tert-OH is 2. The van der Waals surface area contributed by atoms with Crippen molar-refractivity contribution in [1.29, 1.82) is 0 Å². The highest BCUT2D eigenvalue weighted by atomic mass is 35.5. The third-order valence-corrected chi connectivity index (χ3v) is 9.07. The molecule has 2 aromatic heterocycles. The summed E-state index contributed by atoms with van der Waals surface area (Å²) in [5.74, 6) is -0.843. The van der Waals surface area contributed by atoms with Crippen LogP contribution in [-0.2, 0) is 18.4 Å². The van der Waals surface area contributed by atoms with Gasteiger partial charge in [0.05, 0.1) is 18.5 Å². The van der Waals surface area contributed by atoms with Gasteiger partial charge in [0.15, 0.2) is 17.4 Å². The topological polar surface area (TPSA) is 200 Å². The third-order valence-electron chi connectivity index (χ3n) is 5.46. The fourth-order valence-electron chi connectivity index (χ4n) is 3.97. The zero-order valence-electron chi connectivity index (χ0n) is 17.2. The van der Waals surface area contributed by atoms with Crippen molar-refractivity contribution in [2.24, 2.45) is 0 Å². The quantitative estimate of drug-likeness (QED) is 0.307. The Morgan fingerprint density at radius 3 is 2.52 bits per heavy atom. The number of aliphatic hydroxyl groups is 2. The van der Waals surface area contributed by atoms with E-state index >= 15 is 0 Å². The van der Waals surface area contributed by atoms with Crippen molar-refractivity contribution in [2.45, 2.75) is 43.7 Å². The van der Waals surface area contributed by atoms with Crippen molar-refractivity contribution in [3.05, 3.63) is 17.2 Å². The van der Waals surface area contributed by atoms with E-state index in [-0.39, 0.29) is 11.0 Å². The van der Waals surface area contributed by atoms with Crippen LogP contribution in [0.3, 0.4) is 0 Å². The second-order valence-corrected chi connectivity index (χ2v) is 12.3. The Bertz CT molecular complexity index is 1110. The number of ether oxygens (including phenoxy) is 1. The number of aromatic nitrogens is 4. The Kier molecular flexibility index (Phi) is 7.15. The molecule has 184 valence electrons. The molecule has 5 atom stereocenters. The molecule has 2 aliphatic heterocycles. The van der Waals surface area contributed by atoms with Gasteiger partial charge in [-0.25, -0.2) is 9.50 Å². The van der Waals surface area contributed by atoms with Gasteiger partial charge in [0.25, 0.3) is 0 Å². The second-order valence-electron chi connectivity index (χ2n) is 7.99. The number of halogens is 1. The minimum Gasteiger partial charge on any atom is -0.387 e. The van der Waals surface area contributed by atoms with Crippen LogP contribution in [0.5, 0.6) is 0 Å². The molecule has 1 unspecified atom stereocenters. The van der Waals surface area contributed by atoms with Crippen LogP contribution in [-0.4, -0.2) is 88.4 Å². The second kappa shape index (κ2) is 9.46. The average molecular weight is 528 g/mol. The maximum Gasteiger partial charge on any atom is 0.340 e. The molecule has 14 nitrogen and oxygen atoms in total. The molecule has 2 saturated heterocycles. The lowest BCUT2D eigenvalue weighted by Gasteiger charge is -2.27. The number of imidazole rings is 1. The molecule has 4 rings (SSSR count). The molecule has 0 saturated carbocycles. The normalized spacial score (nSPS) is 28.4. The molecule has 0 spiro atoms. The van der Waals surface area contributed by atoms with Crippen LogP contribution in [0.2, 0.25) is 5.28 Å². The predicted molar refractivity (Wildman–Crippen MR) is 114 cm³/mol. The highest BCUT2D eigenvalue weighted by Crippen LogP contribution is 2.55. The molecule has 4 heterocycles. The molecule has 0 aliphatic carbocycles. The van der Waals surface area contributed by atoms with Gasteiger partial charge in [-0.3, -0.25) is 9.13 Å². The molecular formula is C16H24ClN5O9P2. The van der Waals surface area contributed by atoms with Crippen molar-refractivity contribution in [1.82, 2.24) is 19.6 Å². The highest BCUT2D eigenvalue weighted by molar-refractivity contribution is 7.70. The first-order valence-corrected chi connectivity index (χ1v) is 14.1. The molecule has 0 amide bonds. The summed E-state index contributed by atoms with van der Waals surface area (Å²) in [5.41, 5.74) is 0.659. The van der Waals surface area contributed by atoms with Gasteiger partial charge in [-0.2, -0.15) is 4.98 Å². The smallest absolute Gasteiger partial charge is 0.340 e. The van der Waals surface area contributed by atoms with Crippen LogP contribution in [0.15, 0.2) is 6.20 Å². The molecule has 33 heavy (non-hydrogen) atoms. The molecule has 0 radical (unpaired) electrons. The first-order valence-electron chi connectivity index (χ1n) is 10.1. The minimum absolute atomic E-state index is 0.0473. The van der Waals surface area contributed by atoms with Crippen molar-refractivity contribution in [3.63, 3.8) is 0 Å². The minimum atomic E-state index is -4.81. The first-order chi connectivity index (χ1) is 15.5. The van der Waals surface area contributed by atoms with Gasteiger partial charge in [-0.05, 0) is 30.9 Å². The van der Waals surface area contributed by atoms with Crippen molar-refractivity contribution in [2.75, 3.05) is 30.5 Å². The number of nitrogens with zero attached hydrogens (tertiary/aromatic N) is 5. The summed E-state index contributed by atoms with van der Waals surface area (Å²) in [6, 6.07) is 0. The zero-order valence-corrected chi connectivity index (χ0v) is 19.8. The number of hydrogen-bond acceptors (Lipinski definition) is 10. The third kappa shape index (κ3) is 5.57. The highest BCUT2D eigenvalue weighted by Gasteiger charge is 2.46. The van der Waals surface area contributed by atoms with Gasteiger partial charge in [0.1, 0.15) is 24.4 Å². The van der Waals surface area contributed by atoms with Crippen LogP contribution in [0.25, 0.3) is 5.65 Å². The summed E-state index contributed by atoms with van der Waals surface area (Å²) in [4.78, 5) is 38.1. The molecule has 2 fully saturated rings. The van der Waals surface area contributed by atoms with Gasteiger partial charge in [0.2, 0.25) is 5.28 Å². The molecular weight excluding hydrogens is 504 g/mol. The molecule has 0 bridgehead atoms. The van der Waals surface area contributed by atoms with E-state index in [1.807, 2.05) is 4.90 Å². The zero-order chi connectivity index (χ0) is 24.0. The Balaban J connectivity index is 1.55. The van der Waals surface area contributed by atoms with E-state index in [4.69, 9.17) is 30.6 Å². The average Bonchev–Trinajstić information content (AvgIpc) is 3.26. The number of hydrogen-bond donors (Lipinski definition) is 5. The molecule has 0 aromatic carbocycles. The fraction of sp³-hybridized carbons (Fsp3) is 0.688. The molecule has 2 aromatic rings. The van der Waals surface area contributed by atoms with E-state index in [9.17, 15) is 24.2 Å². The Morgan fingerprint density at radius 2 is 1.85 bits per heavy atom. The van der Waals surface area contributed by atoms with Gasteiger partial charge < -0.3 is 39.1 Å². The number of anilines is 1. The summed E-state index contributed by atoms with van der Waals surface area (Å²) >= 11 is 6.13. The lowest BCUT2D eigenvalue weighted by molar-refractivity contribution is -0.0204. The van der Waals surface area contributed by atoms with Crippen LogP contribution in [0.1, 0.15) is 31.1 Å². The van der Waals surface area contributed by atoms with Crippen molar-refractivity contribution >= 4 is 38.3 Å². The largest absolute Gasteiger partial charge is 0.387 e. The summed E-state index contributed by atoms with van der Waals surface area (Å²) < 4.78 is 34.6. The first kappa shape index (κ1) is 24.9. The van der Waals surface area contributed by atoms with Crippen LogP contribution in [0, 0.1) is 0 Å². The van der Waals surface area contributed by atoms with Gasteiger partial charge in [0, 0.05) is 13.1 Å². The number of fused-ring (bicyclic) bond motifs is 1. The van der Waals surface area contributed by atoms with E-state index < -0.39 is 52.1 Å². The monoisotopic (exact) mass is 527 g/mol. The SMILES string of the molecule is O=P(O)(O)CP(=O)(O)OC[C@H]1O[C@@H](c2cnc3c(N4CCCCC4)nc(Cl)nn23)[C@H](O)[C@@H]1O. The standard InChI is InChI=1S/C16H24ClN5O9P2/c17-16-19-15(21-4-2-1-3-5-21)14-18-6-9(22(14)20-16)13-12(24)11(23)10(31-13)7-30-33(28,29)8-32(25,26)27/h6,10-13,23-24H,1-5,7-8H2,(H,28,29)(H2,25,26,27)/t10-,11-,12-,13+/m1/s1. The lowest BCUT2D eigenvalue weighted by Crippen LogP contribution is -2.33. The summed E-state index contributed by atoms with van der Waals surface area (Å²) in [6.45, 7) is 0.872. The number of rotatable bonds is 7. The Hall–Kier alpha value is -1.18. The Morgan fingerprint density at radius 1 is 1.15 bits per heavy atom. The van der Waals surface area contributed by atoms with E-state index in [2.05, 4.69) is 15.1 Å². The maximum absolute atomic E-state index is 11.9. The number of piperidine rings is 1. The van der Waals surface area contributed by atoms with Gasteiger partial charge in [-0.1, -0.05) is 0 Å². The summed E-state index contributed by atoms with van der Waals surface area (Å²) in [6.07, 6.45) is -0.867. The van der Waals surface area contributed by atoms with E-state index in [1.165, 1.54) is 10.7 Å². The predicted octanol–water partition coefficient (Wildman–Crippen LogP) is 0.267. The maximum atomic E-state index is 11.9. The fourth-order valence-corrected chi connectivity index (χ4v) is 6.69. The van der Waals surface area contributed by atoms with Crippen molar-refractivity contribution < 1.29 is 43.3 Å². The van der Waals surface area contributed by atoms with E-state index in [1.54, 1.807) is 0 Å². The van der Waals surface area contributed by atoms with Gasteiger partial charge in [-0.15, -0.1) is 5.10 Å². The van der Waals surface area contributed by atoms with Gasteiger partial charge >= 0.3 is 15.2 Å². The molecule has 17 heteroatoms. The van der Waals surface area contributed by atoms with Crippen LogP contribution < -0.4 is 4.90 Å². The lowest BCUT2D eigenvalue weighted by atomic mass is 10.1. The summed E-state index contributed by atoms with van der Waals surface area (Å²) in [5, 5.41) is 25.0. The van der Waals surface area contributed by atoms with E-state index in [0.29, 0.717) is 11.5 Å². The molecule has 5 N–H and O–H groups in total.